The van der Waals surface area contributed by atoms with E-state index in [0.717, 1.165) is 12.1 Å². The Morgan fingerprint density at radius 1 is 1.05 bits per heavy atom. The zero-order valence-corrected chi connectivity index (χ0v) is 13.3. The maximum Gasteiger partial charge on any atom is 0.262 e. The van der Waals surface area contributed by atoms with Gasteiger partial charge in [0, 0.05) is 3.57 Å². The van der Waals surface area contributed by atoms with Crippen molar-refractivity contribution < 1.29 is 17.2 Å². The van der Waals surface area contributed by atoms with Gasteiger partial charge in [-0.25, -0.2) is 17.2 Å². The van der Waals surface area contributed by atoms with E-state index in [1.165, 1.54) is 24.3 Å². The van der Waals surface area contributed by atoms with E-state index in [9.17, 15) is 17.2 Å². The molecule has 3 nitrogen and oxygen atoms in total. The Morgan fingerprint density at radius 3 is 2.30 bits per heavy atom. The monoisotopic (exact) mass is 409 g/mol. The van der Waals surface area contributed by atoms with Crippen molar-refractivity contribution in [3.63, 3.8) is 0 Å². The van der Waals surface area contributed by atoms with Crippen LogP contribution in [0.2, 0.25) is 0 Å². The van der Waals surface area contributed by atoms with Gasteiger partial charge in [-0.05, 0) is 65.4 Å². The third-order valence-corrected chi connectivity index (χ3v) is 5.02. The van der Waals surface area contributed by atoms with Crippen molar-refractivity contribution in [3.05, 3.63) is 57.2 Å². The zero-order chi connectivity index (χ0) is 14.9. The summed E-state index contributed by atoms with van der Waals surface area (Å²) in [6.45, 7) is 1.57. The molecule has 0 aliphatic rings. The van der Waals surface area contributed by atoms with Gasteiger partial charge in [-0.15, -0.1) is 0 Å². The highest BCUT2D eigenvalue weighted by molar-refractivity contribution is 14.1. The first-order chi connectivity index (χ1) is 9.29. The van der Waals surface area contributed by atoms with Gasteiger partial charge in [0.25, 0.3) is 10.0 Å². The fourth-order valence-corrected chi connectivity index (χ4v) is 3.77. The Morgan fingerprint density at radius 2 is 1.65 bits per heavy atom. The predicted octanol–water partition coefficient (Wildman–Crippen LogP) is 3.68. The summed E-state index contributed by atoms with van der Waals surface area (Å²) in [5, 5.41) is 0. The summed E-state index contributed by atoms with van der Waals surface area (Å²) >= 11 is 1.82. The van der Waals surface area contributed by atoms with E-state index < -0.39 is 21.7 Å². The number of hydrogen-bond donors (Lipinski definition) is 1. The Kier molecular flexibility index (Phi) is 4.28. The van der Waals surface area contributed by atoms with Gasteiger partial charge in [0.2, 0.25) is 0 Å². The fraction of sp³-hybridized carbons (Fsp3) is 0.0769. The predicted molar refractivity (Wildman–Crippen MR) is 81.1 cm³/mol. The van der Waals surface area contributed by atoms with E-state index in [2.05, 4.69) is 4.72 Å². The smallest absolute Gasteiger partial charge is 0.262 e. The van der Waals surface area contributed by atoms with Crippen molar-refractivity contribution in [2.24, 2.45) is 0 Å². The van der Waals surface area contributed by atoms with E-state index in [0.29, 0.717) is 9.13 Å². The SMILES string of the molecule is Cc1ccc(F)cc1S(=O)(=O)Nc1ccc(F)cc1I. The highest BCUT2D eigenvalue weighted by atomic mass is 127. The van der Waals surface area contributed by atoms with Gasteiger partial charge >= 0.3 is 0 Å². The molecule has 0 saturated heterocycles. The van der Waals surface area contributed by atoms with Gasteiger partial charge in [0.05, 0.1) is 10.6 Å². The molecule has 0 fully saturated rings. The Balaban J connectivity index is 2.43. The summed E-state index contributed by atoms with van der Waals surface area (Å²) < 4.78 is 53.4. The molecule has 0 unspecified atom stereocenters. The summed E-state index contributed by atoms with van der Waals surface area (Å²) in [4.78, 5) is -0.141. The minimum absolute atomic E-state index is 0.141. The first kappa shape index (κ1) is 15.2. The highest BCUT2D eigenvalue weighted by Gasteiger charge is 2.19. The van der Waals surface area contributed by atoms with Gasteiger partial charge in [0.15, 0.2) is 0 Å². The molecule has 1 N–H and O–H groups in total. The number of anilines is 1. The molecule has 20 heavy (non-hydrogen) atoms. The fourth-order valence-electron chi connectivity index (χ4n) is 1.64. The second-order valence-corrected chi connectivity index (χ2v) is 6.95. The number of halogens is 3. The first-order valence-electron chi connectivity index (χ1n) is 5.53. The third kappa shape index (κ3) is 3.26. The molecule has 0 aliphatic carbocycles. The van der Waals surface area contributed by atoms with Gasteiger partial charge in [-0.3, -0.25) is 4.72 Å². The maximum atomic E-state index is 13.2. The molecule has 0 heterocycles. The van der Waals surface area contributed by atoms with E-state index in [1.807, 2.05) is 22.6 Å². The Labute approximate surface area is 129 Å². The van der Waals surface area contributed by atoms with Crippen LogP contribution in [0.4, 0.5) is 14.5 Å². The van der Waals surface area contributed by atoms with Crippen LogP contribution < -0.4 is 4.72 Å². The van der Waals surface area contributed by atoms with Crippen LogP contribution in [0.15, 0.2) is 41.3 Å². The average molecular weight is 409 g/mol. The van der Waals surface area contributed by atoms with E-state index in [-0.39, 0.29) is 10.6 Å². The molecule has 0 saturated carbocycles. The van der Waals surface area contributed by atoms with Crippen LogP contribution in [-0.2, 0) is 10.0 Å². The minimum atomic E-state index is -3.92. The topological polar surface area (TPSA) is 46.2 Å². The summed E-state index contributed by atoms with van der Waals surface area (Å²) in [5.41, 5.74) is 0.673. The molecule has 7 heteroatoms. The summed E-state index contributed by atoms with van der Waals surface area (Å²) in [7, 11) is -3.92. The molecule has 0 bridgehead atoms. The second-order valence-electron chi connectivity index (χ2n) is 4.14. The van der Waals surface area contributed by atoms with E-state index in [4.69, 9.17) is 0 Å². The number of hydrogen-bond acceptors (Lipinski definition) is 2. The molecule has 106 valence electrons. The molecule has 0 atom stereocenters. The van der Waals surface area contributed by atoms with Crippen molar-refractivity contribution in [2.75, 3.05) is 4.72 Å². The van der Waals surface area contributed by atoms with E-state index >= 15 is 0 Å². The molecule has 0 amide bonds. The Bertz CT molecular complexity index is 763. The van der Waals surface area contributed by atoms with Crippen molar-refractivity contribution in [1.82, 2.24) is 0 Å². The largest absolute Gasteiger partial charge is 0.279 e. The van der Waals surface area contributed by atoms with Crippen LogP contribution in [0, 0.1) is 22.1 Å². The summed E-state index contributed by atoms with van der Waals surface area (Å²) in [5.74, 6) is -1.09. The molecule has 0 aromatic heterocycles. The lowest BCUT2D eigenvalue weighted by Crippen LogP contribution is -2.15. The van der Waals surface area contributed by atoms with Gasteiger partial charge in [-0.1, -0.05) is 6.07 Å². The first-order valence-corrected chi connectivity index (χ1v) is 8.10. The van der Waals surface area contributed by atoms with Crippen molar-refractivity contribution in [2.45, 2.75) is 11.8 Å². The van der Waals surface area contributed by atoms with Crippen molar-refractivity contribution in [3.8, 4) is 0 Å². The van der Waals surface area contributed by atoms with Crippen LogP contribution in [-0.4, -0.2) is 8.42 Å². The Hall–Kier alpha value is -1.22. The van der Waals surface area contributed by atoms with Crippen LogP contribution >= 0.6 is 22.6 Å². The molecular weight excluding hydrogens is 399 g/mol. The lowest BCUT2D eigenvalue weighted by Gasteiger charge is -2.11. The van der Waals surface area contributed by atoms with Gasteiger partial charge in [0.1, 0.15) is 11.6 Å². The molecule has 2 rings (SSSR count). The minimum Gasteiger partial charge on any atom is -0.279 e. The third-order valence-electron chi connectivity index (χ3n) is 2.62. The molecule has 0 aliphatic heterocycles. The van der Waals surface area contributed by atoms with Gasteiger partial charge < -0.3 is 0 Å². The standard InChI is InChI=1S/C13H10F2INO2S/c1-8-2-3-10(15)7-13(8)20(18,19)17-12-5-4-9(14)6-11(12)16/h2-7,17H,1H3. The number of sulfonamides is 1. The lowest BCUT2D eigenvalue weighted by atomic mass is 10.2. The number of rotatable bonds is 3. The quantitative estimate of drug-likeness (QED) is 0.787. The molecule has 2 aromatic rings. The second kappa shape index (κ2) is 5.65. The summed E-state index contributed by atoms with van der Waals surface area (Å²) in [6.07, 6.45) is 0. The zero-order valence-electron chi connectivity index (χ0n) is 10.3. The van der Waals surface area contributed by atoms with Crippen LogP contribution in [0.5, 0.6) is 0 Å². The maximum absolute atomic E-state index is 13.2. The van der Waals surface area contributed by atoms with Crippen molar-refractivity contribution in [1.29, 1.82) is 0 Å². The van der Waals surface area contributed by atoms with Crippen LogP contribution in [0.3, 0.4) is 0 Å². The molecule has 2 aromatic carbocycles. The van der Waals surface area contributed by atoms with Crippen LogP contribution in [0.1, 0.15) is 5.56 Å². The number of nitrogens with one attached hydrogen (secondary N) is 1. The van der Waals surface area contributed by atoms with E-state index in [1.54, 1.807) is 6.92 Å². The van der Waals surface area contributed by atoms with Gasteiger partial charge in [-0.2, -0.15) is 0 Å². The number of aryl methyl sites for hydroxylation is 1. The summed E-state index contributed by atoms with van der Waals surface area (Å²) in [6, 6.07) is 7.21. The lowest BCUT2D eigenvalue weighted by molar-refractivity contribution is 0.594. The molecule has 0 radical (unpaired) electrons. The van der Waals surface area contributed by atoms with Crippen LogP contribution in [0.25, 0.3) is 0 Å². The normalized spacial score (nSPS) is 11.4. The highest BCUT2D eigenvalue weighted by Crippen LogP contribution is 2.24. The molecular formula is C13H10F2INO2S. The molecule has 0 spiro atoms. The average Bonchev–Trinajstić information content (AvgIpc) is 2.35. The number of benzene rings is 2. The van der Waals surface area contributed by atoms with Crippen molar-refractivity contribution >= 4 is 38.3 Å².